The number of hydrogen-bond donors (Lipinski definition) is 0. The molecule has 2 rings (SSSR count). The summed E-state index contributed by atoms with van der Waals surface area (Å²) in [6.45, 7) is 4.17. The van der Waals surface area contributed by atoms with Crippen LogP contribution in [0.5, 0.6) is 0 Å². The van der Waals surface area contributed by atoms with E-state index in [-0.39, 0.29) is 30.4 Å². The van der Waals surface area contributed by atoms with E-state index in [0.29, 0.717) is 6.61 Å². The van der Waals surface area contributed by atoms with Crippen molar-refractivity contribution in [2.45, 2.75) is 38.3 Å². The van der Waals surface area contributed by atoms with Crippen LogP contribution in [-0.4, -0.2) is 37.0 Å². The highest BCUT2D eigenvalue weighted by molar-refractivity contribution is 5.77. The predicted octanol–water partition coefficient (Wildman–Crippen LogP) is 0.104. The van der Waals surface area contributed by atoms with Crippen molar-refractivity contribution >= 4 is 5.97 Å². The summed E-state index contributed by atoms with van der Waals surface area (Å²) in [6, 6.07) is 0. The van der Waals surface area contributed by atoms with Gasteiger partial charge in [-0.15, -0.1) is 0 Å². The molecule has 2 saturated heterocycles. The van der Waals surface area contributed by atoms with Gasteiger partial charge < -0.3 is 14.2 Å². The third-order valence-corrected chi connectivity index (χ3v) is 2.17. The van der Waals surface area contributed by atoms with Crippen molar-refractivity contribution in [1.82, 2.24) is 0 Å². The fourth-order valence-corrected chi connectivity index (χ4v) is 1.08. The van der Waals surface area contributed by atoms with Crippen molar-refractivity contribution in [1.29, 1.82) is 0 Å². The summed E-state index contributed by atoms with van der Waals surface area (Å²) in [6.07, 6.45) is 0.0763. The standard InChI is InChI=1S/C8H12O4/c1-4-6(11-4)3-10-8(9)7-5(2)12-7/h4-7H,3H2,1-2H3. The Morgan fingerprint density at radius 2 is 1.92 bits per heavy atom. The van der Waals surface area contributed by atoms with E-state index in [1.807, 2.05) is 13.8 Å². The molecule has 68 valence electrons. The normalized spacial score (nSPS) is 43.8. The largest absolute Gasteiger partial charge is 0.461 e. The fourth-order valence-electron chi connectivity index (χ4n) is 1.08. The molecule has 0 aromatic heterocycles. The van der Waals surface area contributed by atoms with Gasteiger partial charge in [-0.25, -0.2) is 4.79 Å². The summed E-state index contributed by atoms with van der Waals surface area (Å²) in [7, 11) is 0. The van der Waals surface area contributed by atoms with Gasteiger partial charge in [-0.3, -0.25) is 0 Å². The van der Waals surface area contributed by atoms with Crippen molar-refractivity contribution in [3.8, 4) is 0 Å². The van der Waals surface area contributed by atoms with Crippen LogP contribution >= 0.6 is 0 Å². The van der Waals surface area contributed by atoms with Crippen LogP contribution in [0.1, 0.15) is 13.8 Å². The van der Waals surface area contributed by atoms with Gasteiger partial charge in [0, 0.05) is 0 Å². The molecule has 0 aromatic rings. The summed E-state index contributed by atoms with van der Waals surface area (Å²) in [5.74, 6) is -0.259. The molecule has 0 aromatic carbocycles. The second-order valence-electron chi connectivity index (χ2n) is 3.27. The number of esters is 1. The Balaban J connectivity index is 1.63. The molecule has 4 atom stereocenters. The smallest absolute Gasteiger partial charge is 0.338 e. The second kappa shape index (κ2) is 2.71. The lowest BCUT2D eigenvalue weighted by Gasteiger charge is -1.98. The Hall–Kier alpha value is -0.610. The Kier molecular flexibility index (Phi) is 1.81. The van der Waals surface area contributed by atoms with E-state index in [4.69, 9.17) is 14.2 Å². The summed E-state index contributed by atoms with van der Waals surface area (Å²) in [5.41, 5.74) is 0. The quantitative estimate of drug-likeness (QED) is 0.447. The van der Waals surface area contributed by atoms with Gasteiger partial charge in [0.15, 0.2) is 6.10 Å². The zero-order valence-corrected chi connectivity index (χ0v) is 7.15. The molecule has 4 nitrogen and oxygen atoms in total. The van der Waals surface area contributed by atoms with E-state index >= 15 is 0 Å². The van der Waals surface area contributed by atoms with Gasteiger partial charge in [0.25, 0.3) is 0 Å². The molecule has 2 heterocycles. The van der Waals surface area contributed by atoms with Gasteiger partial charge in [0.1, 0.15) is 12.7 Å². The summed E-state index contributed by atoms with van der Waals surface area (Å²) in [5, 5.41) is 0. The molecule has 12 heavy (non-hydrogen) atoms. The van der Waals surface area contributed by atoms with Crippen LogP contribution < -0.4 is 0 Å². The Labute approximate surface area is 70.8 Å². The Morgan fingerprint density at radius 3 is 2.33 bits per heavy atom. The predicted molar refractivity (Wildman–Crippen MR) is 39.6 cm³/mol. The first-order valence-corrected chi connectivity index (χ1v) is 4.16. The molecule has 2 fully saturated rings. The molecule has 0 radical (unpaired) electrons. The van der Waals surface area contributed by atoms with Crippen LogP contribution in [0.15, 0.2) is 0 Å². The molecular weight excluding hydrogens is 160 g/mol. The maximum absolute atomic E-state index is 11.1. The Morgan fingerprint density at radius 1 is 1.33 bits per heavy atom. The summed E-state index contributed by atoms with van der Waals surface area (Å²) >= 11 is 0. The number of carbonyl (C=O) groups excluding carboxylic acids is 1. The van der Waals surface area contributed by atoms with Crippen molar-refractivity contribution in [3.63, 3.8) is 0 Å². The van der Waals surface area contributed by atoms with Crippen LogP contribution in [-0.2, 0) is 19.0 Å². The lowest BCUT2D eigenvalue weighted by atomic mass is 10.3. The number of ether oxygens (including phenoxy) is 3. The van der Waals surface area contributed by atoms with Crippen molar-refractivity contribution in [3.05, 3.63) is 0 Å². The Bertz CT molecular complexity index is 203. The monoisotopic (exact) mass is 172 g/mol. The SMILES string of the molecule is CC1OC1COC(=O)C1OC1C. The van der Waals surface area contributed by atoms with Crippen molar-refractivity contribution in [2.75, 3.05) is 6.61 Å². The zero-order chi connectivity index (χ0) is 8.72. The van der Waals surface area contributed by atoms with Gasteiger partial charge in [0.2, 0.25) is 0 Å². The van der Waals surface area contributed by atoms with E-state index < -0.39 is 0 Å². The number of carbonyl (C=O) groups is 1. The minimum absolute atomic E-state index is 0.0371. The second-order valence-corrected chi connectivity index (χ2v) is 3.27. The molecule has 0 amide bonds. The first-order valence-electron chi connectivity index (χ1n) is 4.16. The lowest BCUT2D eigenvalue weighted by Crippen LogP contribution is -2.16. The highest BCUT2D eigenvalue weighted by Crippen LogP contribution is 2.24. The van der Waals surface area contributed by atoms with Crippen LogP contribution in [0.4, 0.5) is 0 Å². The minimum atomic E-state index is -0.320. The maximum atomic E-state index is 11.1. The van der Waals surface area contributed by atoms with Crippen LogP contribution in [0.25, 0.3) is 0 Å². The fraction of sp³-hybridized carbons (Fsp3) is 0.875. The van der Waals surface area contributed by atoms with Gasteiger partial charge in [-0.1, -0.05) is 0 Å². The molecule has 0 N–H and O–H groups in total. The molecule has 0 aliphatic carbocycles. The van der Waals surface area contributed by atoms with Gasteiger partial charge in [-0.2, -0.15) is 0 Å². The third-order valence-electron chi connectivity index (χ3n) is 2.17. The average molecular weight is 172 g/mol. The molecule has 2 aliphatic heterocycles. The summed E-state index contributed by atoms with van der Waals surface area (Å²) in [4.78, 5) is 11.1. The molecule has 4 unspecified atom stereocenters. The third kappa shape index (κ3) is 1.59. The van der Waals surface area contributed by atoms with Crippen molar-refractivity contribution in [2.24, 2.45) is 0 Å². The van der Waals surface area contributed by atoms with Gasteiger partial charge in [0.05, 0.1) is 12.2 Å². The van der Waals surface area contributed by atoms with E-state index in [0.717, 1.165) is 0 Å². The molecule has 4 heteroatoms. The molecule has 0 spiro atoms. The van der Waals surface area contributed by atoms with Crippen LogP contribution in [0.2, 0.25) is 0 Å². The number of hydrogen-bond acceptors (Lipinski definition) is 4. The topological polar surface area (TPSA) is 51.4 Å². The first kappa shape index (κ1) is 8.01. The molecular formula is C8H12O4. The average Bonchev–Trinajstić information content (AvgIpc) is 2.87. The van der Waals surface area contributed by atoms with Crippen LogP contribution in [0.3, 0.4) is 0 Å². The molecule has 0 saturated carbocycles. The van der Waals surface area contributed by atoms with Gasteiger partial charge in [-0.05, 0) is 13.8 Å². The van der Waals surface area contributed by atoms with Gasteiger partial charge >= 0.3 is 5.97 Å². The number of epoxide rings is 2. The zero-order valence-electron chi connectivity index (χ0n) is 7.15. The van der Waals surface area contributed by atoms with E-state index in [1.165, 1.54) is 0 Å². The van der Waals surface area contributed by atoms with Crippen LogP contribution in [0, 0.1) is 0 Å². The highest BCUT2D eigenvalue weighted by atomic mass is 16.7. The van der Waals surface area contributed by atoms with E-state index in [1.54, 1.807) is 0 Å². The molecule has 2 aliphatic rings. The summed E-state index contributed by atoms with van der Waals surface area (Å²) < 4.78 is 15.0. The van der Waals surface area contributed by atoms with Crippen molar-refractivity contribution < 1.29 is 19.0 Å². The molecule has 0 bridgehead atoms. The maximum Gasteiger partial charge on any atom is 0.338 e. The highest BCUT2D eigenvalue weighted by Gasteiger charge is 2.44. The van der Waals surface area contributed by atoms with E-state index in [2.05, 4.69) is 0 Å². The first-order chi connectivity index (χ1) is 5.68. The lowest BCUT2D eigenvalue weighted by molar-refractivity contribution is -0.145. The minimum Gasteiger partial charge on any atom is -0.461 e. The number of rotatable bonds is 3. The van der Waals surface area contributed by atoms with E-state index in [9.17, 15) is 4.79 Å².